The number of benzene rings is 1. The third-order valence-electron chi connectivity index (χ3n) is 1.52. The summed E-state index contributed by atoms with van der Waals surface area (Å²) in [4.78, 5) is 4.17. The first kappa shape index (κ1) is 9.54. The third-order valence-corrected chi connectivity index (χ3v) is 2.31. The Balaban J connectivity index is 3.17. The Bertz CT molecular complexity index is 315. The van der Waals surface area contributed by atoms with E-state index in [4.69, 9.17) is 0 Å². The van der Waals surface area contributed by atoms with Crippen LogP contribution in [-0.2, 0) is 19.4 Å². The van der Waals surface area contributed by atoms with E-state index in [2.05, 4.69) is 24.2 Å². The monoisotopic (exact) mass is 328 g/mol. The van der Waals surface area contributed by atoms with Crippen molar-refractivity contribution in [2.75, 3.05) is 0 Å². The molecular weight excluding hydrogens is 318 g/mol. The van der Waals surface area contributed by atoms with Gasteiger partial charge in [-0.05, 0) is 0 Å². The van der Waals surface area contributed by atoms with E-state index in [0.717, 1.165) is 5.69 Å². The van der Waals surface area contributed by atoms with Crippen molar-refractivity contribution in [3.8, 4) is 0 Å². The van der Waals surface area contributed by atoms with Crippen LogP contribution in [0.1, 0.15) is 19.4 Å². The van der Waals surface area contributed by atoms with Crippen LogP contribution >= 0.6 is 0 Å². The molecule has 0 bridgehead atoms. The number of hydrogen-bond donors (Lipinski definition) is 0. The van der Waals surface area contributed by atoms with Gasteiger partial charge in [-0.1, -0.05) is 0 Å². The Kier molecular flexibility index (Phi) is 3.55. The molecule has 0 fully saturated rings. The van der Waals surface area contributed by atoms with E-state index < -0.39 is 0 Å². The van der Waals surface area contributed by atoms with Crippen molar-refractivity contribution in [3.63, 3.8) is 0 Å². The zero-order valence-electron chi connectivity index (χ0n) is 7.16. The van der Waals surface area contributed by atoms with Gasteiger partial charge in [0, 0.05) is 0 Å². The number of rotatable bonds is 2. The average molecular weight is 328 g/mol. The summed E-state index contributed by atoms with van der Waals surface area (Å²) in [6.07, 6.45) is 2.80. The zero-order valence-corrected chi connectivity index (χ0v) is 10.1. The minimum atomic E-state index is 1.02. The quantitative estimate of drug-likeness (QED) is 0.584. The van der Waals surface area contributed by atoms with Gasteiger partial charge in [-0.15, -0.1) is 0 Å². The second-order valence-electron chi connectivity index (χ2n) is 2.41. The predicted molar refractivity (Wildman–Crippen MR) is 49.0 cm³/mol. The first-order valence-electron chi connectivity index (χ1n) is 3.73. The van der Waals surface area contributed by atoms with Crippen LogP contribution < -0.4 is 0 Å². The Labute approximate surface area is 83.9 Å². The van der Waals surface area contributed by atoms with Gasteiger partial charge in [-0.25, -0.2) is 0 Å². The van der Waals surface area contributed by atoms with E-state index in [1.807, 2.05) is 25.1 Å². The predicted octanol–water partition coefficient (Wildman–Crippen LogP) is 2.37. The van der Waals surface area contributed by atoms with Crippen LogP contribution in [0.2, 0.25) is 0 Å². The van der Waals surface area contributed by atoms with Crippen molar-refractivity contribution in [2.45, 2.75) is 13.8 Å². The summed E-state index contributed by atoms with van der Waals surface area (Å²) in [6.45, 7) is 3.94. The standard InChI is InChI=1S/C10H10N.W/c1-3-9-7-5-6-8-10(9)11-4-2;/h5-8H,1-2H3;/q-1;. The van der Waals surface area contributed by atoms with E-state index in [-0.39, 0.29) is 0 Å². The van der Waals surface area contributed by atoms with Crippen molar-refractivity contribution < 1.29 is 19.4 Å². The molecule has 0 heterocycles. The second kappa shape index (κ2) is 4.47. The summed E-state index contributed by atoms with van der Waals surface area (Å²) in [5.74, 6) is 0. The Morgan fingerprint density at radius 1 is 1.42 bits per heavy atom. The summed E-state index contributed by atoms with van der Waals surface area (Å²) < 4.78 is 1.37. The molecule has 0 aromatic heterocycles. The molecular formula is C10H10NW-. The Morgan fingerprint density at radius 2 is 2.08 bits per heavy atom. The first-order chi connectivity index (χ1) is 5.75. The van der Waals surface area contributed by atoms with Gasteiger partial charge in [0.2, 0.25) is 0 Å². The minimum absolute atomic E-state index is 1.02. The third kappa shape index (κ3) is 2.22. The van der Waals surface area contributed by atoms with Crippen LogP contribution in [-0.4, -0.2) is 10.1 Å². The molecule has 1 rings (SSSR count). The van der Waals surface area contributed by atoms with Gasteiger partial charge in [0.1, 0.15) is 0 Å². The fourth-order valence-electron chi connectivity index (χ4n) is 0.989. The van der Waals surface area contributed by atoms with Crippen molar-refractivity contribution >= 4 is 15.8 Å². The molecule has 0 amide bonds. The van der Waals surface area contributed by atoms with Gasteiger partial charge in [0.05, 0.1) is 0 Å². The molecule has 0 N–H and O–H groups in total. The summed E-state index contributed by atoms with van der Waals surface area (Å²) in [6, 6.07) is 8.14. The van der Waals surface area contributed by atoms with Crippen LogP contribution in [0.4, 0.5) is 5.69 Å². The molecule has 0 radical (unpaired) electrons. The zero-order chi connectivity index (χ0) is 8.97. The van der Waals surface area contributed by atoms with E-state index in [9.17, 15) is 0 Å². The summed E-state index contributed by atoms with van der Waals surface area (Å²) in [7, 11) is 0. The average Bonchev–Trinajstić information content (AvgIpc) is 2.05. The molecule has 1 aromatic rings. The van der Waals surface area contributed by atoms with Gasteiger partial charge in [0.25, 0.3) is 0 Å². The van der Waals surface area contributed by atoms with Crippen LogP contribution in [0.3, 0.4) is 0 Å². The molecule has 62 valence electrons. The van der Waals surface area contributed by atoms with Crippen molar-refractivity contribution in [2.24, 2.45) is 4.99 Å². The van der Waals surface area contributed by atoms with E-state index >= 15 is 0 Å². The van der Waals surface area contributed by atoms with Crippen molar-refractivity contribution in [1.82, 2.24) is 0 Å². The van der Waals surface area contributed by atoms with Gasteiger partial charge < -0.3 is 0 Å². The van der Waals surface area contributed by atoms with Crippen LogP contribution in [0, 0.1) is 0 Å². The second-order valence-corrected chi connectivity index (χ2v) is 4.61. The number of para-hydroxylation sites is 1. The Morgan fingerprint density at radius 3 is 2.67 bits per heavy atom. The molecule has 0 aliphatic rings. The van der Waals surface area contributed by atoms with E-state index in [0.29, 0.717) is 0 Å². The van der Waals surface area contributed by atoms with Crippen LogP contribution in [0.25, 0.3) is 0 Å². The molecule has 12 heavy (non-hydrogen) atoms. The maximum absolute atomic E-state index is 4.17. The summed E-state index contributed by atoms with van der Waals surface area (Å²) in [5, 5.41) is 0. The van der Waals surface area contributed by atoms with Crippen LogP contribution in [0.5, 0.6) is 0 Å². The van der Waals surface area contributed by atoms with Gasteiger partial charge >= 0.3 is 83.8 Å². The topological polar surface area (TPSA) is 12.4 Å². The fourth-order valence-corrected chi connectivity index (χ4v) is 1.61. The molecule has 0 aliphatic heterocycles. The van der Waals surface area contributed by atoms with Gasteiger partial charge in [-0.2, -0.15) is 0 Å². The summed E-state index contributed by atoms with van der Waals surface area (Å²) >= 11 is 1.49. The summed E-state index contributed by atoms with van der Waals surface area (Å²) in [5.41, 5.74) is 2.26. The molecule has 0 saturated heterocycles. The van der Waals surface area contributed by atoms with Crippen molar-refractivity contribution in [1.29, 1.82) is 0 Å². The molecule has 1 nitrogen and oxygen atoms in total. The molecule has 0 saturated carbocycles. The number of aliphatic imine (C=N–C) groups is 1. The van der Waals surface area contributed by atoms with Crippen LogP contribution in [0.15, 0.2) is 29.3 Å². The van der Waals surface area contributed by atoms with Crippen molar-refractivity contribution in [3.05, 3.63) is 29.8 Å². The number of hydrogen-bond acceptors (Lipinski definition) is 1. The normalized spacial score (nSPS) is 10.5. The first-order valence-corrected chi connectivity index (χ1v) is 5.20. The van der Waals surface area contributed by atoms with E-state index in [1.54, 1.807) is 0 Å². The van der Waals surface area contributed by atoms with E-state index in [1.165, 1.54) is 28.8 Å². The van der Waals surface area contributed by atoms with Gasteiger partial charge in [0.15, 0.2) is 0 Å². The molecule has 0 atom stereocenters. The maximum atomic E-state index is 4.17. The number of nitrogens with zero attached hydrogens (tertiary/aromatic N) is 1. The molecule has 0 unspecified atom stereocenters. The van der Waals surface area contributed by atoms with Gasteiger partial charge in [-0.3, -0.25) is 0 Å². The molecule has 1 aromatic carbocycles. The Hall–Kier alpha value is -0.552. The molecule has 0 aliphatic carbocycles. The molecule has 0 spiro atoms. The SMILES string of the molecule is C[C-]=Nc1ccccc1[C](C)=[W]. The molecule has 2 heteroatoms. The fraction of sp³-hybridized carbons (Fsp3) is 0.200.